The Labute approximate surface area is 138 Å². The zero-order chi connectivity index (χ0) is 16.8. The molecule has 2 amide bonds. The van der Waals surface area contributed by atoms with Crippen molar-refractivity contribution >= 4 is 12.0 Å². The van der Waals surface area contributed by atoms with E-state index in [9.17, 15) is 9.59 Å². The molecule has 2 unspecified atom stereocenters. The third-order valence-electron chi connectivity index (χ3n) is 5.39. The first-order chi connectivity index (χ1) is 10.7. The predicted molar refractivity (Wildman–Crippen MR) is 87.1 cm³/mol. The second kappa shape index (κ2) is 5.96. The summed E-state index contributed by atoms with van der Waals surface area (Å²) >= 11 is 0. The van der Waals surface area contributed by atoms with Crippen molar-refractivity contribution in [1.29, 1.82) is 0 Å². The fraction of sp³-hybridized carbons (Fsp3) is 0.882. The van der Waals surface area contributed by atoms with Gasteiger partial charge in [0.25, 0.3) is 0 Å². The van der Waals surface area contributed by atoms with Crippen molar-refractivity contribution in [2.75, 3.05) is 13.6 Å². The number of carbonyl (C=O) groups is 2. The summed E-state index contributed by atoms with van der Waals surface area (Å²) in [7, 11) is 2.19. The first-order valence-corrected chi connectivity index (χ1v) is 8.76. The van der Waals surface area contributed by atoms with Crippen LogP contribution in [0.1, 0.15) is 52.9 Å². The molecule has 130 valence electrons. The molecule has 2 bridgehead atoms. The molecule has 0 saturated carbocycles. The second-order valence-electron chi connectivity index (χ2n) is 8.21. The lowest BCUT2D eigenvalue weighted by atomic mass is 9.96. The fourth-order valence-corrected chi connectivity index (χ4v) is 4.03. The van der Waals surface area contributed by atoms with Gasteiger partial charge in [-0.1, -0.05) is 0 Å². The Morgan fingerprint density at radius 3 is 2.17 bits per heavy atom. The van der Waals surface area contributed by atoms with Gasteiger partial charge in [0.1, 0.15) is 11.6 Å². The third-order valence-corrected chi connectivity index (χ3v) is 5.39. The van der Waals surface area contributed by atoms with Crippen molar-refractivity contribution in [1.82, 2.24) is 15.1 Å². The van der Waals surface area contributed by atoms with E-state index in [1.165, 1.54) is 12.8 Å². The lowest BCUT2D eigenvalue weighted by Crippen LogP contribution is -2.61. The molecule has 6 nitrogen and oxygen atoms in total. The number of ether oxygens (including phenoxy) is 1. The van der Waals surface area contributed by atoms with Gasteiger partial charge in [-0.15, -0.1) is 0 Å². The van der Waals surface area contributed by atoms with Crippen molar-refractivity contribution in [2.24, 2.45) is 0 Å². The highest BCUT2D eigenvalue weighted by molar-refractivity contribution is 5.87. The smallest absolute Gasteiger partial charge is 0.410 e. The molecule has 0 radical (unpaired) electrons. The summed E-state index contributed by atoms with van der Waals surface area (Å²) in [5, 5.41) is 3.17. The standard InChI is InChI=1S/C17H29N3O3/c1-17(2,3)23-16(22)20-8-7-14(20)15(21)18-11-9-12-5-6-13(10-11)19(12)4/h11-14H,5-10H2,1-4H3,(H,18,21)/t11?,12?,13?,14-/m1/s1. The van der Waals surface area contributed by atoms with Crippen LogP contribution in [0.3, 0.4) is 0 Å². The second-order valence-corrected chi connectivity index (χ2v) is 8.21. The lowest BCUT2D eigenvalue weighted by Gasteiger charge is -2.42. The molecule has 0 spiro atoms. The number of rotatable bonds is 2. The van der Waals surface area contributed by atoms with E-state index >= 15 is 0 Å². The molecular formula is C17H29N3O3. The first-order valence-electron chi connectivity index (χ1n) is 8.76. The maximum Gasteiger partial charge on any atom is 0.410 e. The molecule has 3 atom stereocenters. The third kappa shape index (κ3) is 3.47. The number of likely N-dealkylation sites (tertiary alicyclic amines) is 1. The molecule has 3 heterocycles. The summed E-state index contributed by atoms with van der Waals surface area (Å²) in [6.45, 7) is 6.13. The highest BCUT2D eigenvalue weighted by atomic mass is 16.6. The van der Waals surface area contributed by atoms with Crippen molar-refractivity contribution in [3.05, 3.63) is 0 Å². The Bertz CT molecular complexity index is 474. The number of nitrogens with zero attached hydrogens (tertiary/aromatic N) is 2. The van der Waals surface area contributed by atoms with Crippen LogP contribution in [0.2, 0.25) is 0 Å². The van der Waals surface area contributed by atoms with E-state index in [1.54, 1.807) is 4.90 Å². The molecular weight excluding hydrogens is 294 g/mol. The fourth-order valence-electron chi connectivity index (χ4n) is 4.03. The molecule has 3 fully saturated rings. The molecule has 23 heavy (non-hydrogen) atoms. The minimum atomic E-state index is -0.527. The average molecular weight is 323 g/mol. The first kappa shape index (κ1) is 16.6. The summed E-state index contributed by atoms with van der Waals surface area (Å²) < 4.78 is 5.37. The largest absolute Gasteiger partial charge is 0.444 e. The van der Waals surface area contributed by atoms with Gasteiger partial charge in [0.15, 0.2) is 0 Å². The Balaban J connectivity index is 1.52. The maximum absolute atomic E-state index is 12.5. The zero-order valence-corrected chi connectivity index (χ0v) is 14.7. The molecule has 1 N–H and O–H groups in total. The van der Waals surface area contributed by atoms with Crippen LogP contribution in [0.4, 0.5) is 4.79 Å². The summed E-state index contributed by atoms with van der Waals surface area (Å²) in [4.78, 5) is 28.6. The molecule has 3 saturated heterocycles. The van der Waals surface area contributed by atoms with Gasteiger partial charge in [-0.25, -0.2) is 4.79 Å². The quantitative estimate of drug-likeness (QED) is 0.841. The molecule has 0 aliphatic carbocycles. The van der Waals surface area contributed by atoms with E-state index in [-0.39, 0.29) is 24.1 Å². The van der Waals surface area contributed by atoms with E-state index < -0.39 is 5.60 Å². The van der Waals surface area contributed by atoms with E-state index in [0.29, 0.717) is 18.6 Å². The lowest BCUT2D eigenvalue weighted by molar-refractivity contribution is -0.131. The maximum atomic E-state index is 12.5. The van der Waals surface area contributed by atoms with Crippen molar-refractivity contribution in [3.8, 4) is 0 Å². The van der Waals surface area contributed by atoms with Crippen molar-refractivity contribution < 1.29 is 14.3 Å². The van der Waals surface area contributed by atoms with Gasteiger partial charge in [0.2, 0.25) is 5.91 Å². The molecule has 0 aromatic carbocycles. The molecule has 3 rings (SSSR count). The summed E-state index contributed by atoms with van der Waals surface area (Å²) in [5.41, 5.74) is -0.527. The van der Waals surface area contributed by atoms with Crippen LogP contribution in [0.15, 0.2) is 0 Å². The van der Waals surface area contributed by atoms with Crippen molar-refractivity contribution in [2.45, 2.75) is 82.6 Å². The highest BCUT2D eigenvalue weighted by Gasteiger charge is 2.43. The number of hydrogen-bond acceptors (Lipinski definition) is 4. The summed E-state index contributed by atoms with van der Waals surface area (Å²) in [6, 6.07) is 1.09. The van der Waals surface area contributed by atoms with Gasteiger partial charge in [-0.3, -0.25) is 9.69 Å². The Hall–Kier alpha value is -1.30. The SMILES string of the molecule is CN1C2CCC1CC(NC(=O)[C@H]1CCN1C(=O)OC(C)(C)C)C2. The minimum absolute atomic E-state index is 0.0175. The van der Waals surface area contributed by atoms with E-state index in [4.69, 9.17) is 4.74 Å². The molecule has 0 aromatic heterocycles. The van der Waals surface area contributed by atoms with Crippen LogP contribution in [0, 0.1) is 0 Å². The normalized spacial score (nSPS) is 34.0. The van der Waals surface area contributed by atoms with Gasteiger partial charge in [-0.2, -0.15) is 0 Å². The number of piperidine rings is 1. The summed E-state index contributed by atoms with van der Waals surface area (Å²) in [6.07, 6.45) is 4.87. The van der Waals surface area contributed by atoms with Gasteiger partial charge in [0.05, 0.1) is 0 Å². The van der Waals surface area contributed by atoms with Gasteiger partial charge < -0.3 is 15.0 Å². The number of nitrogens with one attached hydrogen (secondary N) is 1. The molecule has 6 heteroatoms. The minimum Gasteiger partial charge on any atom is -0.444 e. The Kier molecular flexibility index (Phi) is 4.29. The van der Waals surface area contributed by atoms with Crippen LogP contribution >= 0.6 is 0 Å². The van der Waals surface area contributed by atoms with Crippen LogP contribution in [-0.2, 0) is 9.53 Å². The summed E-state index contributed by atoms with van der Waals surface area (Å²) in [5.74, 6) is -0.0175. The number of carbonyl (C=O) groups excluding carboxylic acids is 2. The van der Waals surface area contributed by atoms with Crippen LogP contribution in [-0.4, -0.2) is 65.2 Å². The number of amides is 2. The predicted octanol–water partition coefficient (Wildman–Crippen LogP) is 1.74. The van der Waals surface area contributed by atoms with Crippen LogP contribution in [0.25, 0.3) is 0 Å². The van der Waals surface area contributed by atoms with E-state index in [1.807, 2.05) is 20.8 Å². The Morgan fingerprint density at radius 1 is 1.09 bits per heavy atom. The number of hydrogen-bond donors (Lipinski definition) is 1. The Morgan fingerprint density at radius 2 is 1.70 bits per heavy atom. The van der Waals surface area contributed by atoms with E-state index in [2.05, 4.69) is 17.3 Å². The molecule has 3 aliphatic rings. The average Bonchev–Trinajstić information content (AvgIpc) is 2.57. The van der Waals surface area contributed by atoms with Crippen molar-refractivity contribution in [3.63, 3.8) is 0 Å². The van der Waals surface area contributed by atoms with E-state index in [0.717, 1.165) is 19.3 Å². The molecule has 0 aromatic rings. The zero-order valence-electron chi connectivity index (χ0n) is 14.7. The van der Waals surface area contributed by atoms with Crippen LogP contribution < -0.4 is 5.32 Å². The monoisotopic (exact) mass is 323 g/mol. The molecule has 3 aliphatic heterocycles. The topological polar surface area (TPSA) is 61.9 Å². The van der Waals surface area contributed by atoms with Crippen LogP contribution in [0.5, 0.6) is 0 Å². The number of fused-ring (bicyclic) bond motifs is 2. The highest BCUT2D eigenvalue weighted by Crippen LogP contribution is 2.34. The van der Waals surface area contributed by atoms with Gasteiger partial charge in [-0.05, 0) is 59.9 Å². The van der Waals surface area contributed by atoms with Gasteiger partial charge >= 0.3 is 6.09 Å². The van der Waals surface area contributed by atoms with Gasteiger partial charge in [0, 0.05) is 24.7 Å².